The minimum Gasteiger partial charge on any atom is -0.378 e. The lowest BCUT2D eigenvalue weighted by Gasteiger charge is -2.17. The van der Waals surface area contributed by atoms with Gasteiger partial charge in [0.2, 0.25) is 5.91 Å². The molecular weight excluding hydrogens is 274 g/mol. The van der Waals surface area contributed by atoms with Crippen molar-refractivity contribution in [2.45, 2.75) is 32.4 Å². The molecule has 2 aromatic carbocycles. The minimum atomic E-state index is -0.0616. The van der Waals surface area contributed by atoms with Crippen LogP contribution in [0.15, 0.2) is 42.5 Å². The van der Waals surface area contributed by atoms with Crippen LogP contribution in [0, 0.1) is 6.92 Å². The van der Waals surface area contributed by atoms with Crippen molar-refractivity contribution in [2.75, 3.05) is 10.6 Å². The lowest BCUT2D eigenvalue weighted by molar-refractivity contribution is -0.114. The maximum absolute atomic E-state index is 11.3. The van der Waals surface area contributed by atoms with Gasteiger partial charge in [-0.25, -0.2) is 0 Å². The zero-order valence-electron chi connectivity index (χ0n) is 12.9. The van der Waals surface area contributed by atoms with Gasteiger partial charge < -0.3 is 16.4 Å². The molecule has 0 fully saturated rings. The zero-order chi connectivity index (χ0) is 15.7. The fourth-order valence-corrected chi connectivity index (χ4v) is 3.05. The molecule has 0 bridgehead atoms. The van der Waals surface area contributed by atoms with Gasteiger partial charge in [-0.1, -0.05) is 30.3 Å². The average Bonchev–Trinajstić information content (AvgIpc) is 2.79. The summed E-state index contributed by atoms with van der Waals surface area (Å²) in [6, 6.07) is 14.6. The van der Waals surface area contributed by atoms with Crippen molar-refractivity contribution in [1.82, 2.24) is 0 Å². The molecule has 4 N–H and O–H groups in total. The van der Waals surface area contributed by atoms with Gasteiger partial charge in [0, 0.05) is 24.3 Å². The zero-order valence-corrected chi connectivity index (χ0v) is 12.9. The highest BCUT2D eigenvalue weighted by Crippen LogP contribution is 2.39. The maximum Gasteiger partial charge on any atom is 0.221 e. The molecule has 0 aliphatic heterocycles. The number of aryl methyl sites for hydroxylation is 1. The number of nitrogens with one attached hydrogen (secondary N) is 2. The Morgan fingerprint density at radius 2 is 1.91 bits per heavy atom. The van der Waals surface area contributed by atoms with Crippen molar-refractivity contribution in [1.29, 1.82) is 0 Å². The second kappa shape index (κ2) is 5.81. The molecule has 0 radical (unpaired) electrons. The normalized spacial score (nSPS) is 19.6. The van der Waals surface area contributed by atoms with Gasteiger partial charge in [-0.15, -0.1) is 0 Å². The highest BCUT2D eigenvalue weighted by atomic mass is 16.1. The first-order valence-electron chi connectivity index (χ1n) is 7.54. The number of anilines is 2. The topological polar surface area (TPSA) is 67.2 Å². The molecule has 2 unspecified atom stereocenters. The van der Waals surface area contributed by atoms with Gasteiger partial charge in [0.25, 0.3) is 0 Å². The first-order valence-corrected chi connectivity index (χ1v) is 7.54. The minimum absolute atomic E-state index is 0.0616. The number of hydrogen-bond donors (Lipinski definition) is 3. The monoisotopic (exact) mass is 295 g/mol. The van der Waals surface area contributed by atoms with Gasteiger partial charge in [-0.05, 0) is 42.2 Å². The fourth-order valence-electron chi connectivity index (χ4n) is 3.05. The second-order valence-corrected chi connectivity index (χ2v) is 5.88. The number of fused-ring (bicyclic) bond motifs is 1. The van der Waals surface area contributed by atoms with Gasteiger partial charge in [0.05, 0.1) is 6.04 Å². The Kier molecular flexibility index (Phi) is 3.86. The van der Waals surface area contributed by atoms with Gasteiger partial charge in [-0.2, -0.15) is 0 Å². The van der Waals surface area contributed by atoms with E-state index < -0.39 is 0 Å². The van der Waals surface area contributed by atoms with Crippen molar-refractivity contribution in [3.8, 4) is 0 Å². The van der Waals surface area contributed by atoms with Gasteiger partial charge in [0.1, 0.15) is 0 Å². The Bertz CT molecular complexity index is 711. The Morgan fingerprint density at radius 1 is 1.18 bits per heavy atom. The Hall–Kier alpha value is -2.33. The molecule has 4 nitrogen and oxygen atoms in total. The Morgan fingerprint density at radius 3 is 2.64 bits per heavy atom. The number of carbonyl (C=O) groups is 1. The third kappa shape index (κ3) is 2.83. The van der Waals surface area contributed by atoms with Crippen molar-refractivity contribution in [3.63, 3.8) is 0 Å². The van der Waals surface area contributed by atoms with Crippen LogP contribution < -0.4 is 16.4 Å². The standard InChI is InChI=1S/C18H21N3O/c1-11-7-8-13(9-17(11)20-12(2)22)21-18-10-16(19)14-5-3-4-6-15(14)18/h3-9,16,18,21H,10,19H2,1-2H3,(H,20,22). The highest BCUT2D eigenvalue weighted by Gasteiger charge is 2.28. The molecule has 0 aromatic heterocycles. The largest absolute Gasteiger partial charge is 0.378 e. The molecular formula is C18H21N3O. The van der Waals surface area contributed by atoms with Crippen LogP contribution in [0.25, 0.3) is 0 Å². The summed E-state index contributed by atoms with van der Waals surface area (Å²) in [5.74, 6) is -0.0616. The summed E-state index contributed by atoms with van der Waals surface area (Å²) >= 11 is 0. The fraction of sp³-hybridized carbons (Fsp3) is 0.278. The predicted octanol–water partition coefficient (Wildman–Crippen LogP) is 3.51. The van der Waals surface area contributed by atoms with Crippen LogP contribution in [0.5, 0.6) is 0 Å². The van der Waals surface area contributed by atoms with Crippen molar-refractivity contribution in [3.05, 3.63) is 59.2 Å². The summed E-state index contributed by atoms with van der Waals surface area (Å²) in [5, 5.41) is 6.40. The Labute approximate surface area is 130 Å². The van der Waals surface area contributed by atoms with Crippen molar-refractivity contribution in [2.24, 2.45) is 5.73 Å². The molecule has 2 aromatic rings. The van der Waals surface area contributed by atoms with Crippen LogP contribution >= 0.6 is 0 Å². The molecule has 0 saturated carbocycles. The highest BCUT2D eigenvalue weighted by molar-refractivity contribution is 5.90. The first kappa shape index (κ1) is 14.6. The van der Waals surface area contributed by atoms with E-state index in [0.29, 0.717) is 0 Å². The van der Waals surface area contributed by atoms with E-state index in [1.165, 1.54) is 18.1 Å². The number of amides is 1. The van der Waals surface area contributed by atoms with Crippen molar-refractivity contribution >= 4 is 17.3 Å². The first-order chi connectivity index (χ1) is 10.5. The van der Waals surface area contributed by atoms with E-state index in [9.17, 15) is 4.79 Å². The molecule has 4 heteroatoms. The maximum atomic E-state index is 11.3. The van der Waals surface area contributed by atoms with Crippen LogP contribution in [-0.4, -0.2) is 5.91 Å². The lowest BCUT2D eigenvalue weighted by Crippen LogP contribution is -2.11. The predicted molar refractivity (Wildman–Crippen MR) is 89.8 cm³/mol. The molecule has 2 atom stereocenters. The smallest absolute Gasteiger partial charge is 0.221 e. The summed E-state index contributed by atoms with van der Waals surface area (Å²) in [6.07, 6.45) is 0.878. The van der Waals surface area contributed by atoms with E-state index >= 15 is 0 Å². The molecule has 1 aliphatic rings. The number of carbonyl (C=O) groups excluding carboxylic acids is 1. The Balaban J connectivity index is 1.84. The van der Waals surface area contributed by atoms with Crippen LogP contribution in [-0.2, 0) is 4.79 Å². The SMILES string of the molecule is CC(=O)Nc1cc(NC2CC(N)c3ccccc32)ccc1C. The van der Waals surface area contributed by atoms with E-state index in [4.69, 9.17) is 5.73 Å². The molecule has 22 heavy (non-hydrogen) atoms. The van der Waals surface area contributed by atoms with Crippen molar-refractivity contribution < 1.29 is 4.79 Å². The number of hydrogen-bond acceptors (Lipinski definition) is 3. The van der Waals surface area contributed by atoms with Crippen LogP contribution in [0.3, 0.4) is 0 Å². The molecule has 0 spiro atoms. The lowest BCUT2D eigenvalue weighted by atomic mass is 10.1. The van der Waals surface area contributed by atoms with Crippen LogP contribution in [0.1, 0.15) is 42.1 Å². The van der Waals surface area contributed by atoms with Gasteiger partial charge in [0.15, 0.2) is 0 Å². The summed E-state index contributed by atoms with van der Waals surface area (Å²) in [4.78, 5) is 11.3. The molecule has 114 valence electrons. The third-order valence-electron chi connectivity index (χ3n) is 4.15. The van der Waals surface area contributed by atoms with Crippen LogP contribution in [0.4, 0.5) is 11.4 Å². The number of nitrogens with two attached hydrogens (primary N) is 1. The molecule has 0 saturated heterocycles. The summed E-state index contributed by atoms with van der Waals surface area (Å²) in [7, 11) is 0. The average molecular weight is 295 g/mol. The summed E-state index contributed by atoms with van der Waals surface area (Å²) < 4.78 is 0. The van der Waals surface area contributed by atoms with E-state index in [1.54, 1.807) is 0 Å². The molecule has 1 amide bonds. The van der Waals surface area contributed by atoms with E-state index in [0.717, 1.165) is 23.4 Å². The summed E-state index contributed by atoms with van der Waals surface area (Å²) in [6.45, 7) is 3.50. The van der Waals surface area contributed by atoms with Gasteiger partial charge >= 0.3 is 0 Å². The van der Waals surface area contributed by atoms with E-state index in [-0.39, 0.29) is 18.0 Å². The molecule has 3 rings (SSSR count). The third-order valence-corrected chi connectivity index (χ3v) is 4.15. The van der Waals surface area contributed by atoms with Crippen LogP contribution in [0.2, 0.25) is 0 Å². The second-order valence-electron chi connectivity index (χ2n) is 5.88. The number of benzene rings is 2. The number of rotatable bonds is 3. The van der Waals surface area contributed by atoms with Gasteiger partial charge in [-0.3, -0.25) is 4.79 Å². The molecule has 0 heterocycles. The quantitative estimate of drug-likeness (QED) is 0.811. The summed E-state index contributed by atoms with van der Waals surface area (Å²) in [5.41, 5.74) is 11.6. The van der Waals surface area contributed by atoms with E-state index in [2.05, 4.69) is 22.8 Å². The van der Waals surface area contributed by atoms with E-state index in [1.807, 2.05) is 37.3 Å². The molecule has 1 aliphatic carbocycles.